The summed E-state index contributed by atoms with van der Waals surface area (Å²) in [5, 5.41) is 3.50. The van der Waals surface area contributed by atoms with Crippen LogP contribution in [0.3, 0.4) is 0 Å². The van der Waals surface area contributed by atoms with Crippen LogP contribution in [0.4, 0.5) is 0 Å². The van der Waals surface area contributed by atoms with Crippen molar-refractivity contribution in [2.45, 2.75) is 58.0 Å². The summed E-state index contributed by atoms with van der Waals surface area (Å²) in [6, 6.07) is 10.7. The Bertz CT molecular complexity index is 815. The number of thiophene rings is 1. The highest BCUT2D eigenvalue weighted by atomic mass is 32.1. The number of amides is 1. The molecule has 3 rings (SSSR count). The highest BCUT2D eigenvalue weighted by Crippen LogP contribution is 2.28. The van der Waals surface area contributed by atoms with Crippen LogP contribution in [-0.4, -0.2) is 44.2 Å². The van der Waals surface area contributed by atoms with Gasteiger partial charge in [-0.2, -0.15) is 0 Å². The summed E-state index contributed by atoms with van der Waals surface area (Å²) in [6.07, 6.45) is 7.00. The summed E-state index contributed by atoms with van der Waals surface area (Å²) >= 11 is 1.76. The highest BCUT2D eigenvalue weighted by molar-refractivity contribution is 7.11. The van der Waals surface area contributed by atoms with E-state index in [9.17, 15) is 4.79 Å². The standard InChI is InChI=1S/C24H34N2O3S/c1-18-9-11-21(30-18)17-26(24(27)16-25-20-7-5-4-6-8-20)14-13-19-10-12-22(28-2)23(15-19)29-3/h9-12,15,20,25H,4-8,13-14,16-17H2,1-3H3. The maximum absolute atomic E-state index is 13.1. The number of methoxy groups -OCH3 is 2. The molecule has 0 aliphatic heterocycles. The number of nitrogens with zero attached hydrogens (tertiary/aromatic N) is 1. The molecular weight excluding hydrogens is 396 g/mol. The Kier molecular flexibility index (Phi) is 8.58. The fraction of sp³-hybridized carbons (Fsp3) is 0.542. The third-order valence-electron chi connectivity index (χ3n) is 5.76. The van der Waals surface area contributed by atoms with Gasteiger partial charge in [0.15, 0.2) is 11.5 Å². The van der Waals surface area contributed by atoms with Gasteiger partial charge in [0.05, 0.1) is 27.3 Å². The summed E-state index contributed by atoms with van der Waals surface area (Å²) in [6.45, 7) is 3.87. The molecule has 0 bridgehead atoms. The van der Waals surface area contributed by atoms with Gasteiger partial charge in [-0.1, -0.05) is 25.3 Å². The number of carbonyl (C=O) groups is 1. The summed E-state index contributed by atoms with van der Waals surface area (Å²) < 4.78 is 10.8. The van der Waals surface area contributed by atoms with Gasteiger partial charge in [0.1, 0.15) is 0 Å². The minimum atomic E-state index is 0.173. The molecule has 1 saturated carbocycles. The predicted octanol–water partition coefficient (Wildman–Crippen LogP) is 4.57. The molecule has 2 aromatic rings. The fourth-order valence-corrected chi connectivity index (χ4v) is 4.91. The van der Waals surface area contributed by atoms with Gasteiger partial charge in [-0.25, -0.2) is 0 Å². The van der Waals surface area contributed by atoms with Gasteiger partial charge >= 0.3 is 0 Å². The van der Waals surface area contributed by atoms with E-state index in [1.165, 1.54) is 41.9 Å². The number of rotatable bonds is 10. The molecule has 1 aromatic heterocycles. The molecule has 0 spiro atoms. The molecule has 0 unspecified atom stereocenters. The first-order chi connectivity index (χ1) is 14.6. The van der Waals surface area contributed by atoms with E-state index in [0.29, 0.717) is 25.7 Å². The van der Waals surface area contributed by atoms with Crippen molar-refractivity contribution in [1.29, 1.82) is 0 Å². The van der Waals surface area contributed by atoms with E-state index >= 15 is 0 Å². The van der Waals surface area contributed by atoms with Gasteiger partial charge in [-0.05, 0) is 56.0 Å². The lowest BCUT2D eigenvalue weighted by molar-refractivity contribution is -0.131. The van der Waals surface area contributed by atoms with Gasteiger partial charge in [0, 0.05) is 22.3 Å². The van der Waals surface area contributed by atoms with E-state index in [1.54, 1.807) is 25.6 Å². The number of aryl methyl sites for hydroxylation is 1. The van der Waals surface area contributed by atoms with Crippen molar-refractivity contribution in [2.75, 3.05) is 27.3 Å². The number of nitrogens with one attached hydrogen (secondary N) is 1. The molecule has 1 N–H and O–H groups in total. The quantitative estimate of drug-likeness (QED) is 0.600. The zero-order valence-electron chi connectivity index (χ0n) is 18.4. The molecule has 30 heavy (non-hydrogen) atoms. The van der Waals surface area contributed by atoms with Crippen molar-refractivity contribution in [3.63, 3.8) is 0 Å². The molecule has 5 nitrogen and oxygen atoms in total. The van der Waals surface area contributed by atoms with Crippen molar-refractivity contribution in [2.24, 2.45) is 0 Å². The zero-order valence-corrected chi connectivity index (χ0v) is 19.2. The van der Waals surface area contributed by atoms with Crippen LogP contribution in [0.2, 0.25) is 0 Å². The highest BCUT2D eigenvalue weighted by Gasteiger charge is 2.19. The Labute approximate surface area is 184 Å². The molecular formula is C24H34N2O3S. The molecule has 6 heteroatoms. The summed E-state index contributed by atoms with van der Waals surface area (Å²) in [5.41, 5.74) is 1.13. The average Bonchev–Trinajstić information content (AvgIpc) is 3.20. The van der Waals surface area contributed by atoms with E-state index in [4.69, 9.17) is 9.47 Å². The van der Waals surface area contributed by atoms with Crippen molar-refractivity contribution in [3.05, 3.63) is 45.6 Å². The second-order valence-electron chi connectivity index (χ2n) is 7.98. The van der Waals surface area contributed by atoms with Gasteiger partial charge in [-0.15, -0.1) is 11.3 Å². The topological polar surface area (TPSA) is 50.8 Å². The summed E-state index contributed by atoms with van der Waals surface area (Å²) in [5.74, 6) is 1.62. The van der Waals surface area contributed by atoms with Crippen LogP contribution < -0.4 is 14.8 Å². The normalized spacial score (nSPS) is 14.5. The van der Waals surface area contributed by atoms with Gasteiger partial charge in [0.25, 0.3) is 0 Å². The number of ether oxygens (including phenoxy) is 2. The van der Waals surface area contributed by atoms with Crippen molar-refractivity contribution in [1.82, 2.24) is 10.2 Å². The first kappa shape index (κ1) is 22.6. The number of hydrogen-bond donors (Lipinski definition) is 1. The molecule has 1 fully saturated rings. The molecule has 1 heterocycles. The van der Waals surface area contributed by atoms with Crippen molar-refractivity contribution in [3.8, 4) is 11.5 Å². The SMILES string of the molecule is COc1ccc(CCN(Cc2ccc(C)s2)C(=O)CNC2CCCCC2)cc1OC. The lowest BCUT2D eigenvalue weighted by Gasteiger charge is -2.26. The molecule has 1 aliphatic rings. The smallest absolute Gasteiger partial charge is 0.236 e. The Balaban J connectivity index is 1.63. The van der Waals surface area contributed by atoms with Crippen LogP contribution in [0.25, 0.3) is 0 Å². The van der Waals surface area contributed by atoms with Crippen molar-refractivity contribution >= 4 is 17.2 Å². The number of hydrogen-bond acceptors (Lipinski definition) is 5. The van der Waals surface area contributed by atoms with Crippen LogP contribution >= 0.6 is 11.3 Å². The van der Waals surface area contributed by atoms with E-state index in [2.05, 4.69) is 24.4 Å². The molecule has 164 valence electrons. The fourth-order valence-electron chi connectivity index (χ4n) is 4.00. The zero-order chi connectivity index (χ0) is 21.3. The van der Waals surface area contributed by atoms with Gasteiger partial charge in [0.2, 0.25) is 5.91 Å². The molecule has 0 radical (unpaired) electrons. The van der Waals surface area contributed by atoms with Crippen LogP contribution in [-0.2, 0) is 17.8 Å². The van der Waals surface area contributed by atoms with Gasteiger partial charge < -0.3 is 19.7 Å². The van der Waals surface area contributed by atoms with Gasteiger partial charge in [-0.3, -0.25) is 4.79 Å². The molecule has 1 aromatic carbocycles. The molecule has 1 amide bonds. The Morgan fingerprint density at radius 2 is 1.87 bits per heavy atom. The second kappa shape index (κ2) is 11.4. The summed E-state index contributed by atoms with van der Waals surface area (Å²) in [4.78, 5) is 17.6. The third-order valence-corrected chi connectivity index (χ3v) is 6.75. The Morgan fingerprint density at radius 1 is 1.10 bits per heavy atom. The first-order valence-electron chi connectivity index (χ1n) is 10.9. The summed E-state index contributed by atoms with van der Waals surface area (Å²) in [7, 11) is 3.29. The second-order valence-corrected chi connectivity index (χ2v) is 9.36. The monoisotopic (exact) mass is 430 g/mol. The molecule has 0 saturated heterocycles. The van der Waals surface area contributed by atoms with Crippen LogP contribution in [0.5, 0.6) is 11.5 Å². The van der Waals surface area contributed by atoms with Crippen molar-refractivity contribution < 1.29 is 14.3 Å². The van der Waals surface area contributed by atoms with Crippen LogP contribution in [0.1, 0.15) is 47.4 Å². The van der Waals surface area contributed by atoms with E-state index in [-0.39, 0.29) is 5.91 Å². The largest absolute Gasteiger partial charge is 0.493 e. The van der Waals surface area contributed by atoms with Crippen LogP contribution in [0, 0.1) is 6.92 Å². The Morgan fingerprint density at radius 3 is 2.53 bits per heavy atom. The average molecular weight is 431 g/mol. The lowest BCUT2D eigenvalue weighted by atomic mass is 9.95. The van der Waals surface area contributed by atoms with E-state index < -0.39 is 0 Å². The van der Waals surface area contributed by atoms with Crippen LogP contribution in [0.15, 0.2) is 30.3 Å². The minimum absolute atomic E-state index is 0.173. The van der Waals surface area contributed by atoms with E-state index in [0.717, 1.165) is 23.5 Å². The maximum atomic E-state index is 13.1. The van der Waals surface area contributed by atoms with E-state index in [1.807, 2.05) is 23.1 Å². The minimum Gasteiger partial charge on any atom is -0.493 e. The third kappa shape index (κ3) is 6.47. The first-order valence-corrected chi connectivity index (χ1v) is 11.7. The molecule has 0 atom stereocenters. The molecule has 1 aliphatic carbocycles. The number of carbonyl (C=O) groups excluding carboxylic acids is 1. The number of benzene rings is 1. The Hall–Kier alpha value is -2.05. The predicted molar refractivity (Wildman–Crippen MR) is 123 cm³/mol. The lowest BCUT2D eigenvalue weighted by Crippen LogP contribution is -2.42. The maximum Gasteiger partial charge on any atom is 0.236 e.